The smallest absolute Gasteiger partial charge is 0.218 e. The average molecular weight is 359 g/mol. The standard InChI is InChI=1S/C20H25NO5/c1-21-10-9-19-8-7-15(25-3)18(23)20(19,21)11-13(22)12-5-6-14(24-2)17(26-4)16(12)19/h5-7,13,22H,8-11H2,1-4H3/t13?,19-,20-/m1/s1. The van der Waals surface area contributed by atoms with Gasteiger partial charge < -0.3 is 19.3 Å². The number of aliphatic hydroxyl groups is 1. The van der Waals surface area contributed by atoms with Crippen LogP contribution in [0.5, 0.6) is 11.5 Å². The molecule has 0 saturated carbocycles. The first-order valence-electron chi connectivity index (χ1n) is 8.90. The van der Waals surface area contributed by atoms with Gasteiger partial charge in [0.15, 0.2) is 17.3 Å². The van der Waals surface area contributed by atoms with Gasteiger partial charge in [-0.25, -0.2) is 0 Å². The Morgan fingerprint density at radius 1 is 1.19 bits per heavy atom. The molecule has 140 valence electrons. The highest BCUT2D eigenvalue weighted by Crippen LogP contribution is 2.63. The Morgan fingerprint density at radius 3 is 2.62 bits per heavy atom. The molecule has 1 fully saturated rings. The molecule has 3 aliphatic rings. The molecule has 0 radical (unpaired) electrons. The number of rotatable bonds is 3. The van der Waals surface area contributed by atoms with Crippen molar-refractivity contribution in [2.75, 3.05) is 34.9 Å². The molecule has 0 amide bonds. The van der Waals surface area contributed by atoms with Crippen LogP contribution in [0.2, 0.25) is 0 Å². The molecule has 2 aliphatic carbocycles. The Labute approximate surface area is 153 Å². The van der Waals surface area contributed by atoms with E-state index in [9.17, 15) is 9.90 Å². The number of hydrogen-bond donors (Lipinski definition) is 1. The monoisotopic (exact) mass is 359 g/mol. The zero-order chi connectivity index (χ0) is 18.7. The lowest BCUT2D eigenvalue weighted by molar-refractivity contribution is -0.136. The molecule has 3 atom stereocenters. The van der Waals surface area contributed by atoms with Crippen LogP contribution in [0, 0.1) is 0 Å². The molecular formula is C20H25NO5. The van der Waals surface area contributed by atoms with E-state index in [4.69, 9.17) is 14.2 Å². The Balaban J connectivity index is 2.07. The molecule has 4 rings (SSSR count). The number of hydrogen-bond acceptors (Lipinski definition) is 6. The summed E-state index contributed by atoms with van der Waals surface area (Å²) in [4.78, 5) is 15.6. The van der Waals surface area contributed by atoms with E-state index in [1.807, 2.05) is 25.3 Å². The van der Waals surface area contributed by atoms with E-state index in [1.165, 1.54) is 7.11 Å². The molecule has 1 heterocycles. The number of fused-ring (bicyclic) bond motifs is 1. The molecule has 1 unspecified atom stereocenters. The van der Waals surface area contributed by atoms with E-state index in [0.29, 0.717) is 30.1 Å². The van der Waals surface area contributed by atoms with Crippen LogP contribution in [-0.2, 0) is 14.9 Å². The summed E-state index contributed by atoms with van der Waals surface area (Å²) < 4.78 is 16.6. The van der Waals surface area contributed by atoms with Gasteiger partial charge in [0.25, 0.3) is 0 Å². The SMILES string of the molecule is COC1=CC[C@]23CCN(C)[C@]2(CC(O)c2ccc(OC)c(OC)c23)C1=O. The number of ether oxygens (including phenoxy) is 3. The van der Waals surface area contributed by atoms with Gasteiger partial charge in [0.2, 0.25) is 5.78 Å². The fourth-order valence-corrected chi connectivity index (χ4v) is 5.50. The largest absolute Gasteiger partial charge is 0.493 e. The molecule has 1 aliphatic heterocycles. The highest BCUT2D eigenvalue weighted by molar-refractivity contribution is 6.04. The second-order valence-electron chi connectivity index (χ2n) is 7.40. The lowest BCUT2D eigenvalue weighted by Gasteiger charge is -2.54. The number of carbonyl (C=O) groups is 1. The molecule has 0 bridgehead atoms. The predicted molar refractivity (Wildman–Crippen MR) is 95.5 cm³/mol. The number of allylic oxidation sites excluding steroid dienone is 1. The number of likely N-dealkylation sites (N-methyl/N-ethyl adjacent to an activating group) is 1. The lowest BCUT2D eigenvalue weighted by Crippen LogP contribution is -2.65. The van der Waals surface area contributed by atoms with Crippen LogP contribution in [0.25, 0.3) is 0 Å². The first-order valence-corrected chi connectivity index (χ1v) is 8.90. The maximum absolute atomic E-state index is 13.5. The Morgan fingerprint density at radius 2 is 1.96 bits per heavy atom. The fraction of sp³-hybridized carbons (Fsp3) is 0.550. The minimum absolute atomic E-state index is 0.0548. The van der Waals surface area contributed by atoms with Crippen LogP contribution >= 0.6 is 0 Å². The van der Waals surface area contributed by atoms with Crippen molar-refractivity contribution in [1.29, 1.82) is 0 Å². The zero-order valence-electron chi connectivity index (χ0n) is 15.7. The van der Waals surface area contributed by atoms with Crippen molar-refractivity contribution in [3.05, 3.63) is 35.1 Å². The van der Waals surface area contributed by atoms with Gasteiger partial charge in [-0.2, -0.15) is 0 Å². The predicted octanol–water partition coefficient (Wildman–Crippen LogP) is 1.96. The van der Waals surface area contributed by atoms with Crippen LogP contribution in [0.4, 0.5) is 0 Å². The van der Waals surface area contributed by atoms with E-state index in [1.54, 1.807) is 14.2 Å². The summed E-state index contributed by atoms with van der Waals surface area (Å²) in [5, 5.41) is 11.0. The second kappa shape index (κ2) is 5.72. The van der Waals surface area contributed by atoms with Crippen LogP contribution in [0.3, 0.4) is 0 Å². The van der Waals surface area contributed by atoms with Crippen molar-refractivity contribution in [1.82, 2.24) is 4.90 Å². The first kappa shape index (κ1) is 17.4. The number of benzene rings is 1. The third-order valence-electron chi connectivity index (χ3n) is 6.68. The summed E-state index contributed by atoms with van der Waals surface area (Å²) in [7, 11) is 6.70. The highest BCUT2D eigenvalue weighted by atomic mass is 16.5. The molecule has 6 nitrogen and oxygen atoms in total. The van der Waals surface area contributed by atoms with Crippen LogP contribution in [-0.4, -0.2) is 56.3 Å². The van der Waals surface area contributed by atoms with Gasteiger partial charge in [0.05, 0.1) is 27.4 Å². The van der Waals surface area contributed by atoms with Gasteiger partial charge in [-0.05, 0) is 44.1 Å². The van der Waals surface area contributed by atoms with Crippen molar-refractivity contribution in [2.24, 2.45) is 0 Å². The Bertz CT molecular complexity index is 804. The molecule has 0 aromatic heterocycles. The molecule has 6 heteroatoms. The van der Waals surface area contributed by atoms with Gasteiger partial charge in [0, 0.05) is 17.4 Å². The third kappa shape index (κ3) is 1.81. The minimum Gasteiger partial charge on any atom is -0.493 e. The molecule has 1 saturated heterocycles. The Kier molecular flexibility index (Phi) is 3.82. The summed E-state index contributed by atoms with van der Waals surface area (Å²) in [5.41, 5.74) is 0.437. The van der Waals surface area contributed by atoms with E-state index < -0.39 is 17.1 Å². The van der Waals surface area contributed by atoms with Crippen molar-refractivity contribution in [3.8, 4) is 11.5 Å². The summed E-state index contributed by atoms with van der Waals surface area (Å²) in [5.74, 6) is 1.56. The van der Waals surface area contributed by atoms with Crippen molar-refractivity contribution in [2.45, 2.75) is 36.3 Å². The number of Topliss-reactive ketones (excluding diaryl/α,β-unsaturated/α-hetero) is 1. The normalized spacial score (nSPS) is 33.0. The molecule has 0 spiro atoms. The average Bonchev–Trinajstić information content (AvgIpc) is 2.96. The first-order chi connectivity index (χ1) is 12.5. The number of ketones is 1. The van der Waals surface area contributed by atoms with E-state index in [0.717, 1.165) is 24.1 Å². The van der Waals surface area contributed by atoms with Crippen LogP contribution in [0.15, 0.2) is 24.0 Å². The van der Waals surface area contributed by atoms with Gasteiger partial charge in [0.1, 0.15) is 5.54 Å². The van der Waals surface area contributed by atoms with Crippen LogP contribution < -0.4 is 9.47 Å². The van der Waals surface area contributed by atoms with E-state index in [-0.39, 0.29) is 5.78 Å². The maximum atomic E-state index is 13.5. The van der Waals surface area contributed by atoms with E-state index in [2.05, 4.69) is 4.90 Å². The van der Waals surface area contributed by atoms with Crippen molar-refractivity contribution in [3.63, 3.8) is 0 Å². The molecule has 26 heavy (non-hydrogen) atoms. The third-order valence-corrected chi connectivity index (χ3v) is 6.68. The van der Waals surface area contributed by atoms with Gasteiger partial charge in [-0.3, -0.25) is 9.69 Å². The number of aliphatic hydroxyl groups excluding tert-OH is 1. The Hall–Kier alpha value is -2.05. The quantitative estimate of drug-likeness (QED) is 0.890. The van der Waals surface area contributed by atoms with Gasteiger partial charge >= 0.3 is 0 Å². The number of methoxy groups -OCH3 is 3. The number of nitrogens with zero attached hydrogens (tertiary/aromatic N) is 1. The molecule has 1 aromatic rings. The summed E-state index contributed by atoms with van der Waals surface area (Å²) in [6.07, 6.45) is 2.96. The van der Waals surface area contributed by atoms with Crippen molar-refractivity contribution >= 4 is 5.78 Å². The molecular weight excluding hydrogens is 334 g/mol. The van der Waals surface area contributed by atoms with Crippen LogP contribution in [0.1, 0.15) is 36.5 Å². The topological polar surface area (TPSA) is 68.2 Å². The summed E-state index contributed by atoms with van der Waals surface area (Å²) in [6, 6.07) is 3.72. The second-order valence-corrected chi connectivity index (χ2v) is 7.40. The zero-order valence-corrected chi connectivity index (χ0v) is 15.7. The van der Waals surface area contributed by atoms with Gasteiger partial charge in [-0.15, -0.1) is 0 Å². The highest BCUT2D eigenvalue weighted by Gasteiger charge is 2.68. The lowest BCUT2D eigenvalue weighted by atomic mass is 9.53. The summed E-state index contributed by atoms with van der Waals surface area (Å²) in [6.45, 7) is 0.767. The molecule has 1 aromatic carbocycles. The van der Waals surface area contributed by atoms with E-state index >= 15 is 0 Å². The van der Waals surface area contributed by atoms with Gasteiger partial charge in [-0.1, -0.05) is 6.07 Å². The number of likely N-dealkylation sites (tertiary alicyclic amines) is 1. The van der Waals surface area contributed by atoms with Crippen molar-refractivity contribution < 1.29 is 24.1 Å². The fourth-order valence-electron chi connectivity index (χ4n) is 5.50. The molecule has 1 N–H and O–H groups in total. The minimum atomic E-state index is -0.834. The number of carbonyl (C=O) groups excluding carboxylic acids is 1. The summed E-state index contributed by atoms with van der Waals surface area (Å²) >= 11 is 0. The maximum Gasteiger partial charge on any atom is 0.218 e.